The molecule has 2 heteroatoms. The molecule has 2 rings (SSSR count). The van der Waals surface area contributed by atoms with E-state index in [-0.39, 0.29) is 0 Å². The highest BCUT2D eigenvalue weighted by Gasteiger charge is 2.27. The normalized spacial score (nSPS) is 27.8. The first-order valence-electron chi connectivity index (χ1n) is 7.20. The molecule has 2 atom stereocenters. The molecule has 0 spiro atoms. The summed E-state index contributed by atoms with van der Waals surface area (Å²) in [6.07, 6.45) is 4.03. The maximum atomic E-state index is 5.69. The zero-order chi connectivity index (χ0) is 13.0. The van der Waals surface area contributed by atoms with E-state index in [1.165, 1.54) is 19.3 Å². The molecule has 0 heterocycles. The minimum absolute atomic E-state index is 0.570. The summed E-state index contributed by atoms with van der Waals surface area (Å²) in [6.45, 7) is 7.46. The lowest BCUT2D eigenvalue weighted by Crippen LogP contribution is -2.37. The SMILES string of the molecule is CCOc1ccccc1NC1C(C)CCCC1C. The molecule has 1 aromatic carbocycles. The summed E-state index contributed by atoms with van der Waals surface area (Å²) < 4.78 is 5.69. The minimum Gasteiger partial charge on any atom is -0.492 e. The van der Waals surface area contributed by atoms with Crippen LogP contribution in [0.5, 0.6) is 5.75 Å². The molecule has 0 amide bonds. The van der Waals surface area contributed by atoms with Crippen LogP contribution in [0.25, 0.3) is 0 Å². The molecule has 100 valence electrons. The van der Waals surface area contributed by atoms with Gasteiger partial charge in [-0.25, -0.2) is 0 Å². The fraction of sp³-hybridized carbons (Fsp3) is 0.625. The fourth-order valence-corrected chi connectivity index (χ4v) is 3.01. The summed E-state index contributed by atoms with van der Waals surface area (Å²) in [5.74, 6) is 2.46. The third-order valence-corrected chi connectivity index (χ3v) is 4.05. The first-order chi connectivity index (χ1) is 8.72. The number of hydrogen-bond acceptors (Lipinski definition) is 2. The van der Waals surface area contributed by atoms with Crippen molar-refractivity contribution in [1.82, 2.24) is 0 Å². The van der Waals surface area contributed by atoms with E-state index in [4.69, 9.17) is 4.74 Å². The number of benzene rings is 1. The lowest BCUT2D eigenvalue weighted by atomic mass is 9.78. The molecule has 0 bridgehead atoms. The van der Waals surface area contributed by atoms with Gasteiger partial charge in [0.15, 0.2) is 0 Å². The molecule has 0 saturated heterocycles. The van der Waals surface area contributed by atoms with Gasteiger partial charge in [-0.2, -0.15) is 0 Å². The fourth-order valence-electron chi connectivity index (χ4n) is 3.01. The number of nitrogens with one attached hydrogen (secondary N) is 1. The smallest absolute Gasteiger partial charge is 0.142 e. The number of ether oxygens (including phenoxy) is 1. The van der Waals surface area contributed by atoms with Crippen molar-refractivity contribution in [2.24, 2.45) is 11.8 Å². The highest BCUT2D eigenvalue weighted by Crippen LogP contribution is 2.33. The van der Waals surface area contributed by atoms with Gasteiger partial charge in [0, 0.05) is 6.04 Å². The van der Waals surface area contributed by atoms with Crippen molar-refractivity contribution < 1.29 is 4.74 Å². The third kappa shape index (κ3) is 2.98. The highest BCUT2D eigenvalue weighted by atomic mass is 16.5. The highest BCUT2D eigenvalue weighted by molar-refractivity contribution is 5.57. The maximum Gasteiger partial charge on any atom is 0.142 e. The Kier molecular flexibility index (Phi) is 4.51. The summed E-state index contributed by atoms with van der Waals surface area (Å²) >= 11 is 0. The van der Waals surface area contributed by atoms with Crippen LogP contribution in [0.1, 0.15) is 40.0 Å². The van der Waals surface area contributed by atoms with Crippen LogP contribution in [0.4, 0.5) is 5.69 Å². The lowest BCUT2D eigenvalue weighted by Gasteiger charge is -2.36. The third-order valence-electron chi connectivity index (χ3n) is 4.05. The molecule has 1 aromatic rings. The van der Waals surface area contributed by atoms with Crippen molar-refractivity contribution in [1.29, 1.82) is 0 Å². The first kappa shape index (κ1) is 13.3. The largest absolute Gasteiger partial charge is 0.492 e. The van der Waals surface area contributed by atoms with Crippen molar-refractivity contribution in [3.05, 3.63) is 24.3 Å². The van der Waals surface area contributed by atoms with Crippen LogP contribution < -0.4 is 10.1 Å². The Morgan fingerprint density at radius 3 is 2.50 bits per heavy atom. The van der Waals surface area contributed by atoms with Crippen LogP contribution in [-0.2, 0) is 0 Å². The van der Waals surface area contributed by atoms with Crippen molar-refractivity contribution in [3.8, 4) is 5.75 Å². The molecular formula is C16H25NO. The van der Waals surface area contributed by atoms with Crippen LogP contribution >= 0.6 is 0 Å². The van der Waals surface area contributed by atoms with Gasteiger partial charge in [-0.05, 0) is 43.7 Å². The van der Waals surface area contributed by atoms with Crippen LogP contribution in [0, 0.1) is 11.8 Å². The first-order valence-corrected chi connectivity index (χ1v) is 7.20. The standard InChI is InChI=1S/C16H25NO/c1-4-18-15-11-6-5-10-14(15)17-16-12(2)8-7-9-13(16)3/h5-6,10-13,16-17H,4,7-9H2,1-3H3. The number of rotatable bonds is 4. The van der Waals surface area contributed by atoms with Crippen LogP contribution in [0.3, 0.4) is 0 Å². The maximum absolute atomic E-state index is 5.69. The molecule has 1 aliphatic carbocycles. The molecule has 1 saturated carbocycles. The summed E-state index contributed by atoms with van der Waals surface area (Å²) in [5.41, 5.74) is 1.14. The van der Waals surface area contributed by atoms with Gasteiger partial charge in [-0.1, -0.05) is 32.4 Å². The zero-order valence-electron chi connectivity index (χ0n) is 11.8. The van der Waals surface area contributed by atoms with E-state index in [9.17, 15) is 0 Å². The lowest BCUT2D eigenvalue weighted by molar-refractivity contribution is 0.267. The second-order valence-corrected chi connectivity index (χ2v) is 5.48. The van der Waals surface area contributed by atoms with E-state index in [2.05, 4.69) is 31.3 Å². The van der Waals surface area contributed by atoms with E-state index >= 15 is 0 Å². The van der Waals surface area contributed by atoms with Crippen molar-refractivity contribution in [2.45, 2.75) is 46.1 Å². The van der Waals surface area contributed by atoms with Gasteiger partial charge in [-0.15, -0.1) is 0 Å². The Morgan fingerprint density at radius 1 is 1.17 bits per heavy atom. The van der Waals surface area contributed by atoms with E-state index in [0.29, 0.717) is 12.6 Å². The summed E-state index contributed by atoms with van der Waals surface area (Å²) in [5, 5.41) is 3.71. The molecule has 0 aliphatic heterocycles. The van der Waals surface area contributed by atoms with Crippen LogP contribution in [0.15, 0.2) is 24.3 Å². The predicted octanol–water partition coefficient (Wildman–Crippen LogP) is 4.32. The Bertz CT molecular complexity index is 367. The predicted molar refractivity (Wildman–Crippen MR) is 77.2 cm³/mol. The monoisotopic (exact) mass is 247 g/mol. The quantitative estimate of drug-likeness (QED) is 0.855. The van der Waals surface area contributed by atoms with E-state index in [1.807, 2.05) is 19.1 Å². The second kappa shape index (κ2) is 6.12. The minimum atomic E-state index is 0.570. The Balaban J connectivity index is 2.12. The number of para-hydroxylation sites is 2. The van der Waals surface area contributed by atoms with Gasteiger partial charge in [-0.3, -0.25) is 0 Å². The molecule has 2 unspecified atom stereocenters. The Labute approximate surface area is 111 Å². The van der Waals surface area contributed by atoms with Gasteiger partial charge >= 0.3 is 0 Å². The van der Waals surface area contributed by atoms with Crippen LogP contribution in [-0.4, -0.2) is 12.6 Å². The Morgan fingerprint density at radius 2 is 1.83 bits per heavy atom. The second-order valence-electron chi connectivity index (χ2n) is 5.48. The average Bonchev–Trinajstić information content (AvgIpc) is 2.36. The number of hydrogen-bond donors (Lipinski definition) is 1. The van der Waals surface area contributed by atoms with Crippen molar-refractivity contribution in [3.63, 3.8) is 0 Å². The molecule has 18 heavy (non-hydrogen) atoms. The summed E-state index contributed by atoms with van der Waals surface area (Å²) in [6, 6.07) is 8.84. The Hall–Kier alpha value is -1.18. The molecule has 1 N–H and O–H groups in total. The molecule has 2 nitrogen and oxygen atoms in total. The summed E-state index contributed by atoms with van der Waals surface area (Å²) in [7, 11) is 0. The zero-order valence-corrected chi connectivity index (χ0v) is 11.8. The van der Waals surface area contributed by atoms with Crippen molar-refractivity contribution in [2.75, 3.05) is 11.9 Å². The molecule has 0 aromatic heterocycles. The molecule has 0 radical (unpaired) electrons. The summed E-state index contributed by atoms with van der Waals surface area (Å²) in [4.78, 5) is 0. The molecule has 1 fully saturated rings. The van der Waals surface area contributed by atoms with E-state index < -0.39 is 0 Å². The topological polar surface area (TPSA) is 21.3 Å². The van der Waals surface area contributed by atoms with E-state index in [1.54, 1.807) is 0 Å². The molecular weight excluding hydrogens is 222 g/mol. The van der Waals surface area contributed by atoms with E-state index in [0.717, 1.165) is 23.3 Å². The van der Waals surface area contributed by atoms with Gasteiger partial charge in [0.25, 0.3) is 0 Å². The van der Waals surface area contributed by atoms with Gasteiger partial charge < -0.3 is 10.1 Å². The van der Waals surface area contributed by atoms with Gasteiger partial charge in [0.1, 0.15) is 5.75 Å². The average molecular weight is 247 g/mol. The van der Waals surface area contributed by atoms with Gasteiger partial charge in [0.05, 0.1) is 12.3 Å². The van der Waals surface area contributed by atoms with Crippen molar-refractivity contribution >= 4 is 5.69 Å². The van der Waals surface area contributed by atoms with Gasteiger partial charge in [0.2, 0.25) is 0 Å². The van der Waals surface area contributed by atoms with Crippen LogP contribution in [0.2, 0.25) is 0 Å². The number of anilines is 1. The molecule has 1 aliphatic rings.